The fraction of sp³-hybridized carbons (Fsp3) is 0.333. The normalized spacial score (nSPS) is 12.2. The molecule has 0 atom stereocenters. The summed E-state index contributed by atoms with van der Waals surface area (Å²) in [5.74, 6) is -1.49. The van der Waals surface area contributed by atoms with Crippen LogP contribution in [0.4, 0.5) is 13.2 Å². The van der Waals surface area contributed by atoms with E-state index in [4.69, 9.17) is 0 Å². The van der Waals surface area contributed by atoms with Gasteiger partial charge >= 0.3 is 6.18 Å². The molecular weight excluding hydrogens is 277 g/mol. The zero-order valence-electron chi connectivity index (χ0n) is 10.3. The molecule has 0 radical (unpaired) electrons. The van der Waals surface area contributed by atoms with Crippen LogP contribution in [0.15, 0.2) is 6.07 Å². The topological polar surface area (TPSA) is 86.7 Å². The van der Waals surface area contributed by atoms with Gasteiger partial charge in [0.2, 0.25) is 0 Å². The van der Waals surface area contributed by atoms with Crippen LogP contribution in [0.5, 0.6) is 0 Å². The number of rotatable bonds is 1. The second-order valence-corrected chi connectivity index (χ2v) is 4.07. The van der Waals surface area contributed by atoms with Crippen molar-refractivity contribution in [3.63, 3.8) is 0 Å². The summed E-state index contributed by atoms with van der Waals surface area (Å²) in [6.07, 6.45) is -4.70. The summed E-state index contributed by atoms with van der Waals surface area (Å²) >= 11 is 0. The van der Waals surface area contributed by atoms with E-state index in [1.54, 1.807) is 19.9 Å². The van der Waals surface area contributed by atoms with E-state index < -0.39 is 12.0 Å². The van der Waals surface area contributed by atoms with Crippen LogP contribution in [0.1, 0.15) is 17.2 Å². The van der Waals surface area contributed by atoms with Crippen LogP contribution in [0.2, 0.25) is 0 Å². The van der Waals surface area contributed by atoms with Crippen LogP contribution in [0.25, 0.3) is 11.7 Å². The number of aromatic nitrogens is 8. The number of alkyl halides is 3. The van der Waals surface area contributed by atoms with Crippen molar-refractivity contribution in [2.45, 2.75) is 20.0 Å². The second-order valence-electron chi connectivity index (χ2n) is 4.07. The first-order valence-electron chi connectivity index (χ1n) is 5.43. The van der Waals surface area contributed by atoms with Crippen molar-refractivity contribution >= 4 is 5.78 Å². The number of fused-ring (bicyclic) bond motifs is 1. The van der Waals surface area contributed by atoms with Crippen molar-refractivity contribution in [1.82, 2.24) is 39.8 Å². The van der Waals surface area contributed by atoms with Crippen LogP contribution in [0.3, 0.4) is 0 Å². The molecule has 0 aromatic carbocycles. The largest absolute Gasteiger partial charge is 0.455 e. The first-order chi connectivity index (χ1) is 9.36. The van der Waals surface area contributed by atoms with Crippen molar-refractivity contribution < 1.29 is 13.2 Å². The third-order valence-corrected chi connectivity index (χ3v) is 2.49. The molecule has 8 nitrogen and oxygen atoms in total. The average molecular weight is 284 g/mol. The molecule has 3 aromatic heterocycles. The number of halogens is 3. The Bertz CT molecular complexity index is 786. The summed E-state index contributed by atoms with van der Waals surface area (Å²) in [4.78, 5) is 0. The number of aryl methyl sites for hydroxylation is 2. The van der Waals surface area contributed by atoms with E-state index >= 15 is 0 Å². The van der Waals surface area contributed by atoms with Gasteiger partial charge < -0.3 is 0 Å². The highest BCUT2D eigenvalue weighted by Crippen LogP contribution is 2.25. The molecule has 0 aliphatic carbocycles. The zero-order valence-corrected chi connectivity index (χ0v) is 10.3. The average Bonchev–Trinajstić information content (AvgIpc) is 2.90. The molecule has 0 saturated heterocycles. The van der Waals surface area contributed by atoms with Crippen LogP contribution < -0.4 is 0 Å². The Morgan fingerprint density at radius 3 is 2.30 bits per heavy atom. The lowest BCUT2D eigenvalue weighted by Gasteiger charge is -2.04. The molecule has 0 fully saturated rings. The van der Waals surface area contributed by atoms with E-state index in [0.29, 0.717) is 11.4 Å². The molecular formula is C9H7F3N8. The lowest BCUT2D eigenvalue weighted by molar-refractivity contribution is -0.146. The fourth-order valence-electron chi connectivity index (χ4n) is 1.70. The lowest BCUT2D eigenvalue weighted by Crippen LogP contribution is -2.17. The van der Waals surface area contributed by atoms with Crippen molar-refractivity contribution in [2.75, 3.05) is 0 Å². The molecule has 0 aliphatic rings. The number of nitrogens with zero attached hydrogens (tertiary/aromatic N) is 8. The number of hydrogen-bond acceptors (Lipinski definition) is 6. The monoisotopic (exact) mass is 284 g/mol. The minimum atomic E-state index is -4.70. The highest BCUT2D eigenvalue weighted by atomic mass is 19.4. The predicted molar refractivity (Wildman–Crippen MR) is 58.0 cm³/mol. The highest BCUT2D eigenvalue weighted by Gasteiger charge is 2.36. The highest BCUT2D eigenvalue weighted by molar-refractivity contribution is 5.30. The quantitative estimate of drug-likeness (QED) is 0.655. The lowest BCUT2D eigenvalue weighted by atomic mass is 10.4. The summed E-state index contributed by atoms with van der Waals surface area (Å²) in [6, 6.07) is 1.75. The van der Waals surface area contributed by atoms with E-state index in [0.717, 1.165) is 4.52 Å². The molecule has 0 spiro atoms. The van der Waals surface area contributed by atoms with Gasteiger partial charge in [-0.25, -0.2) is 4.68 Å². The molecule has 0 unspecified atom stereocenters. The maximum absolute atomic E-state index is 12.6. The van der Waals surface area contributed by atoms with E-state index in [9.17, 15) is 13.2 Å². The van der Waals surface area contributed by atoms with Crippen LogP contribution >= 0.6 is 0 Å². The van der Waals surface area contributed by atoms with Crippen LogP contribution in [-0.2, 0) is 6.18 Å². The minimum absolute atomic E-state index is 0.0194. The Labute approximate surface area is 109 Å². The fourth-order valence-corrected chi connectivity index (χ4v) is 1.70. The van der Waals surface area contributed by atoms with Gasteiger partial charge in [-0.2, -0.15) is 22.8 Å². The molecule has 0 N–H and O–H groups in total. The Morgan fingerprint density at radius 2 is 1.70 bits per heavy atom. The smallest absolute Gasteiger partial charge is 0.202 e. The summed E-state index contributed by atoms with van der Waals surface area (Å²) in [6.45, 7) is 3.49. The van der Waals surface area contributed by atoms with Gasteiger partial charge in [0.05, 0.1) is 5.69 Å². The first kappa shape index (κ1) is 12.4. The molecule has 0 bridgehead atoms. The van der Waals surface area contributed by atoms with Crippen molar-refractivity contribution in [1.29, 1.82) is 0 Å². The van der Waals surface area contributed by atoms with Gasteiger partial charge in [0, 0.05) is 5.69 Å². The van der Waals surface area contributed by atoms with Gasteiger partial charge in [0.1, 0.15) is 0 Å². The Balaban J connectivity index is 2.24. The van der Waals surface area contributed by atoms with E-state index in [-0.39, 0.29) is 11.7 Å². The zero-order chi connectivity index (χ0) is 14.5. The van der Waals surface area contributed by atoms with Gasteiger partial charge in [-0.05, 0) is 19.9 Å². The van der Waals surface area contributed by atoms with Crippen molar-refractivity contribution in [2.24, 2.45) is 0 Å². The van der Waals surface area contributed by atoms with Crippen LogP contribution in [-0.4, -0.2) is 39.8 Å². The molecule has 0 saturated carbocycles. The van der Waals surface area contributed by atoms with Gasteiger partial charge in [-0.3, -0.25) is 0 Å². The third-order valence-electron chi connectivity index (χ3n) is 2.49. The summed E-state index contributed by atoms with van der Waals surface area (Å²) < 4.78 is 40.0. The SMILES string of the molecule is Cc1cc(C)n(-c2nnc3nnc(C(F)(F)F)nn23)n1. The first-order valence-corrected chi connectivity index (χ1v) is 5.43. The van der Waals surface area contributed by atoms with Crippen molar-refractivity contribution in [3.8, 4) is 5.95 Å². The third kappa shape index (κ3) is 1.87. The predicted octanol–water partition coefficient (Wildman–Crippen LogP) is 0.736. The summed E-state index contributed by atoms with van der Waals surface area (Å²) in [7, 11) is 0. The van der Waals surface area contributed by atoms with Gasteiger partial charge in [0.25, 0.3) is 17.6 Å². The van der Waals surface area contributed by atoms with E-state index in [1.807, 2.05) is 0 Å². The van der Waals surface area contributed by atoms with E-state index in [2.05, 4.69) is 30.6 Å². The summed E-state index contributed by atoms with van der Waals surface area (Å²) in [5, 5.41) is 21.2. The van der Waals surface area contributed by atoms with Crippen molar-refractivity contribution in [3.05, 3.63) is 23.3 Å². The molecule has 3 rings (SSSR count). The maximum Gasteiger partial charge on any atom is 0.455 e. The molecule has 104 valence electrons. The molecule has 0 amide bonds. The molecule has 11 heteroatoms. The van der Waals surface area contributed by atoms with E-state index in [1.165, 1.54) is 4.68 Å². The van der Waals surface area contributed by atoms with Gasteiger partial charge in [-0.15, -0.1) is 25.5 Å². The molecule has 3 heterocycles. The van der Waals surface area contributed by atoms with Gasteiger partial charge in [0.15, 0.2) is 0 Å². The Morgan fingerprint density at radius 1 is 1.00 bits per heavy atom. The summed E-state index contributed by atoms with van der Waals surface area (Å²) in [5.41, 5.74) is 1.38. The second kappa shape index (κ2) is 3.95. The molecule has 0 aliphatic heterocycles. The van der Waals surface area contributed by atoms with Gasteiger partial charge in [-0.1, -0.05) is 0 Å². The Hall–Kier alpha value is -2.59. The molecule has 3 aromatic rings. The Kier molecular flexibility index (Phi) is 2.46. The molecule has 20 heavy (non-hydrogen) atoms. The minimum Gasteiger partial charge on any atom is -0.202 e. The number of hydrogen-bond donors (Lipinski definition) is 0. The standard InChI is InChI=1S/C9H7F3N8/c1-4-3-5(2)19(17-4)8-16-15-7-14-13-6(9(10,11)12)18-20(7)8/h3H,1-2H3. The van der Waals surface area contributed by atoms with Crippen LogP contribution in [0, 0.1) is 13.8 Å². The maximum atomic E-state index is 12.6.